The number of rotatable bonds is 4. The number of carbonyl (C=O) groups excluding carboxylic acids is 1. The van der Waals surface area contributed by atoms with Gasteiger partial charge in [0.1, 0.15) is 0 Å². The Morgan fingerprint density at radius 3 is 2.69 bits per heavy atom. The number of benzene rings is 1. The Kier molecular flexibility index (Phi) is 4.72. The van der Waals surface area contributed by atoms with E-state index in [1.807, 2.05) is 43.3 Å². The number of halogens is 1. The summed E-state index contributed by atoms with van der Waals surface area (Å²) < 4.78 is 1.65. The number of fused-ring (bicyclic) bond motifs is 1. The number of hydrogen-bond donors (Lipinski definition) is 0. The van der Waals surface area contributed by atoms with E-state index in [9.17, 15) is 4.79 Å². The molecule has 3 aromatic heterocycles. The topological polar surface area (TPSA) is 46.1 Å². The zero-order valence-electron chi connectivity index (χ0n) is 13.8. The predicted octanol–water partition coefficient (Wildman–Crippen LogP) is 5.56. The number of hydrogen-bond acceptors (Lipinski definition) is 5. The van der Waals surface area contributed by atoms with Crippen LogP contribution in [0.1, 0.15) is 20.9 Å². The number of nitrogens with zero attached hydrogens (tertiary/aromatic N) is 3. The molecule has 130 valence electrons. The minimum absolute atomic E-state index is 0.121. The van der Waals surface area contributed by atoms with Crippen molar-refractivity contribution in [2.75, 3.05) is 4.90 Å². The van der Waals surface area contributed by atoms with Gasteiger partial charge in [0.2, 0.25) is 0 Å². The van der Waals surface area contributed by atoms with Crippen LogP contribution in [0.25, 0.3) is 10.2 Å². The molecule has 1 aromatic carbocycles. The third-order valence-corrected chi connectivity index (χ3v) is 6.18. The zero-order chi connectivity index (χ0) is 18.1. The van der Waals surface area contributed by atoms with Crippen molar-refractivity contribution in [3.63, 3.8) is 0 Å². The molecule has 0 atom stereocenters. The summed E-state index contributed by atoms with van der Waals surface area (Å²) in [5.41, 5.74) is 2.82. The second-order valence-corrected chi connectivity index (χ2v) is 8.46. The van der Waals surface area contributed by atoms with Crippen LogP contribution in [0.15, 0.2) is 54.7 Å². The maximum atomic E-state index is 13.1. The lowest BCUT2D eigenvalue weighted by Gasteiger charge is -2.18. The number of aromatic nitrogens is 2. The van der Waals surface area contributed by atoms with E-state index in [-0.39, 0.29) is 5.91 Å². The van der Waals surface area contributed by atoms with Gasteiger partial charge in [-0.3, -0.25) is 14.7 Å². The number of anilines is 1. The lowest BCUT2D eigenvalue weighted by molar-refractivity contribution is 0.0988. The molecule has 0 bridgehead atoms. The summed E-state index contributed by atoms with van der Waals surface area (Å²) in [4.78, 5) is 24.5. The molecule has 0 fully saturated rings. The van der Waals surface area contributed by atoms with E-state index in [0.29, 0.717) is 20.9 Å². The molecule has 0 saturated carbocycles. The molecule has 0 aliphatic rings. The first-order valence-corrected chi connectivity index (χ1v) is 9.96. The van der Waals surface area contributed by atoms with Crippen molar-refractivity contribution >= 4 is 55.5 Å². The second-order valence-electron chi connectivity index (χ2n) is 5.73. The Hall–Kier alpha value is -2.28. The van der Waals surface area contributed by atoms with Gasteiger partial charge in [0, 0.05) is 6.20 Å². The van der Waals surface area contributed by atoms with Crippen LogP contribution in [0.3, 0.4) is 0 Å². The number of amides is 1. The molecule has 7 heteroatoms. The molecular weight excluding hydrogens is 386 g/mol. The number of carbonyl (C=O) groups is 1. The van der Waals surface area contributed by atoms with E-state index < -0.39 is 0 Å². The van der Waals surface area contributed by atoms with Gasteiger partial charge in [0.25, 0.3) is 5.91 Å². The molecule has 4 nitrogen and oxygen atoms in total. The quantitative estimate of drug-likeness (QED) is 0.451. The predicted molar refractivity (Wildman–Crippen MR) is 108 cm³/mol. The fraction of sp³-hybridized carbons (Fsp3) is 0.105. The van der Waals surface area contributed by atoms with Crippen LogP contribution < -0.4 is 4.90 Å². The summed E-state index contributed by atoms with van der Waals surface area (Å²) in [5.74, 6) is -0.121. The first-order valence-electron chi connectivity index (χ1n) is 7.95. The maximum absolute atomic E-state index is 13.1. The first-order chi connectivity index (χ1) is 12.6. The lowest BCUT2D eigenvalue weighted by atomic mass is 10.2. The van der Waals surface area contributed by atoms with Crippen LogP contribution in [0.2, 0.25) is 4.34 Å². The van der Waals surface area contributed by atoms with Crippen LogP contribution in [0.5, 0.6) is 0 Å². The molecule has 0 radical (unpaired) electrons. The molecule has 0 aliphatic carbocycles. The monoisotopic (exact) mass is 399 g/mol. The Bertz CT molecular complexity index is 1070. The fourth-order valence-electron chi connectivity index (χ4n) is 2.63. The Morgan fingerprint density at radius 1 is 1.12 bits per heavy atom. The average Bonchev–Trinajstić information content (AvgIpc) is 3.27. The summed E-state index contributed by atoms with van der Waals surface area (Å²) in [6.07, 6.45) is 1.72. The van der Waals surface area contributed by atoms with Gasteiger partial charge in [0.15, 0.2) is 5.13 Å². The fourth-order valence-corrected chi connectivity index (χ4v) is 4.67. The highest BCUT2D eigenvalue weighted by molar-refractivity contribution is 7.22. The molecule has 26 heavy (non-hydrogen) atoms. The van der Waals surface area contributed by atoms with Crippen molar-refractivity contribution in [3.8, 4) is 0 Å². The smallest absolute Gasteiger partial charge is 0.270 e. The van der Waals surface area contributed by atoms with E-state index in [1.54, 1.807) is 23.2 Å². The van der Waals surface area contributed by atoms with Crippen LogP contribution >= 0.6 is 34.3 Å². The Balaban J connectivity index is 1.78. The van der Waals surface area contributed by atoms with Crippen molar-refractivity contribution < 1.29 is 4.79 Å². The Labute approximate surface area is 163 Å². The molecule has 4 rings (SSSR count). The molecule has 4 aromatic rings. The van der Waals surface area contributed by atoms with Crippen LogP contribution in [0.4, 0.5) is 5.13 Å². The third-order valence-electron chi connectivity index (χ3n) is 3.92. The number of thiazole rings is 1. The third kappa shape index (κ3) is 3.35. The lowest BCUT2D eigenvalue weighted by Crippen LogP contribution is -2.30. The minimum atomic E-state index is -0.121. The SMILES string of the molecule is Cc1cccc2sc(N(Cc3ccccn3)C(=O)c3ccc(Cl)s3)nc12. The van der Waals surface area contributed by atoms with E-state index in [4.69, 9.17) is 16.6 Å². The highest BCUT2D eigenvalue weighted by Gasteiger charge is 2.23. The van der Waals surface area contributed by atoms with Gasteiger partial charge in [-0.05, 0) is 42.8 Å². The number of para-hydroxylation sites is 1. The summed E-state index contributed by atoms with van der Waals surface area (Å²) >= 11 is 8.80. The molecule has 0 spiro atoms. The molecule has 0 saturated heterocycles. The minimum Gasteiger partial charge on any atom is -0.277 e. The number of pyridine rings is 1. The highest BCUT2D eigenvalue weighted by Crippen LogP contribution is 2.33. The van der Waals surface area contributed by atoms with Gasteiger partial charge in [0.05, 0.1) is 31.7 Å². The van der Waals surface area contributed by atoms with Crippen molar-refractivity contribution in [1.82, 2.24) is 9.97 Å². The first kappa shape index (κ1) is 17.1. The largest absolute Gasteiger partial charge is 0.277 e. The Morgan fingerprint density at radius 2 is 2.00 bits per heavy atom. The summed E-state index contributed by atoms with van der Waals surface area (Å²) in [6, 6.07) is 15.2. The van der Waals surface area contributed by atoms with Crippen molar-refractivity contribution in [2.45, 2.75) is 13.5 Å². The molecule has 0 N–H and O–H groups in total. The van der Waals surface area contributed by atoms with Crippen LogP contribution in [-0.2, 0) is 6.54 Å². The normalized spacial score (nSPS) is 11.0. The molecule has 1 amide bonds. The number of thiophene rings is 1. The van der Waals surface area contributed by atoms with Gasteiger partial charge < -0.3 is 0 Å². The summed E-state index contributed by atoms with van der Waals surface area (Å²) in [6.45, 7) is 2.38. The molecule has 0 aliphatic heterocycles. The summed E-state index contributed by atoms with van der Waals surface area (Å²) in [7, 11) is 0. The molecule has 3 heterocycles. The van der Waals surface area contributed by atoms with Gasteiger partial charge in [-0.2, -0.15) is 0 Å². The molecular formula is C19H14ClN3OS2. The van der Waals surface area contributed by atoms with Crippen LogP contribution in [0, 0.1) is 6.92 Å². The average molecular weight is 400 g/mol. The van der Waals surface area contributed by atoms with Crippen molar-refractivity contribution in [1.29, 1.82) is 0 Å². The summed E-state index contributed by atoms with van der Waals surface area (Å²) in [5, 5.41) is 0.662. The van der Waals surface area contributed by atoms with E-state index in [2.05, 4.69) is 4.98 Å². The van der Waals surface area contributed by atoms with Crippen molar-refractivity contribution in [2.24, 2.45) is 0 Å². The maximum Gasteiger partial charge on any atom is 0.270 e. The molecule has 0 unspecified atom stereocenters. The van der Waals surface area contributed by atoms with Gasteiger partial charge >= 0.3 is 0 Å². The number of aryl methyl sites for hydroxylation is 1. The van der Waals surface area contributed by atoms with Gasteiger partial charge in [-0.25, -0.2) is 4.98 Å². The van der Waals surface area contributed by atoms with Gasteiger partial charge in [-0.1, -0.05) is 41.1 Å². The zero-order valence-corrected chi connectivity index (χ0v) is 16.2. The van der Waals surface area contributed by atoms with E-state index in [0.717, 1.165) is 21.5 Å². The second kappa shape index (κ2) is 7.15. The highest BCUT2D eigenvalue weighted by atomic mass is 35.5. The van der Waals surface area contributed by atoms with Gasteiger partial charge in [-0.15, -0.1) is 11.3 Å². The van der Waals surface area contributed by atoms with Crippen molar-refractivity contribution in [3.05, 3.63) is 75.2 Å². The van der Waals surface area contributed by atoms with Crippen LogP contribution in [-0.4, -0.2) is 15.9 Å². The standard InChI is InChI=1S/C19H14ClN3OS2/c1-12-5-4-7-14-17(12)22-19(26-14)23(11-13-6-2-3-10-21-13)18(24)15-8-9-16(20)25-15/h2-10H,11H2,1H3. The van der Waals surface area contributed by atoms with E-state index in [1.165, 1.54) is 22.7 Å². The van der Waals surface area contributed by atoms with E-state index >= 15 is 0 Å².